The monoisotopic (exact) mass is 368 g/mol. The van der Waals surface area contributed by atoms with E-state index in [0.717, 1.165) is 82.9 Å². The Morgan fingerprint density at radius 2 is 1.81 bits per heavy atom. The number of piperazine rings is 1. The highest BCUT2D eigenvalue weighted by Crippen LogP contribution is 2.19. The zero-order chi connectivity index (χ0) is 18.5. The molecule has 0 amide bonds. The molecule has 0 N–H and O–H groups in total. The molecule has 0 aliphatic carbocycles. The minimum absolute atomic E-state index is 0.772. The van der Waals surface area contributed by atoms with E-state index in [9.17, 15) is 0 Å². The van der Waals surface area contributed by atoms with Gasteiger partial charge in [0.15, 0.2) is 0 Å². The van der Waals surface area contributed by atoms with Gasteiger partial charge in [0.2, 0.25) is 5.95 Å². The normalized spacial score (nSPS) is 18.7. The van der Waals surface area contributed by atoms with Crippen molar-refractivity contribution in [1.29, 1.82) is 0 Å². The maximum Gasteiger partial charge on any atom is 0.227 e. The summed E-state index contributed by atoms with van der Waals surface area (Å²) < 4.78 is 5.46. The molecule has 0 radical (unpaired) electrons. The molecule has 2 aliphatic heterocycles. The number of pyridine rings is 1. The fraction of sp³-hybridized carbons (Fsp3) is 0.550. The van der Waals surface area contributed by atoms with Crippen LogP contribution in [0.4, 0.5) is 11.8 Å². The zero-order valence-corrected chi connectivity index (χ0v) is 16.0. The van der Waals surface area contributed by atoms with E-state index in [1.807, 2.05) is 18.5 Å². The van der Waals surface area contributed by atoms with Crippen LogP contribution < -0.4 is 9.80 Å². The summed E-state index contributed by atoms with van der Waals surface area (Å²) in [5.41, 5.74) is 2.33. The van der Waals surface area contributed by atoms with Crippen molar-refractivity contribution >= 4 is 11.8 Å². The van der Waals surface area contributed by atoms with Crippen molar-refractivity contribution in [3.8, 4) is 0 Å². The summed E-state index contributed by atoms with van der Waals surface area (Å²) >= 11 is 0. The second-order valence-electron chi connectivity index (χ2n) is 7.21. The lowest BCUT2D eigenvalue weighted by molar-refractivity contribution is 0.122. The van der Waals surface area contributed by atoms with Gasteiger partial charge in [-0.1, -0.05) is 6.07 Å². The lowest BCUT2D eigenvalue weighted by atomic mass is 10.2. The van der Waals surface area contributed by atoms with Crippen molar-refractivity contribution in [2.24, 2.45) is 0 Å². The first-order valence-electron chi connectivity index (χ1n) is 9.82. The second-order valence-corrected chi connectivity index (χ2v) is 7.21. The molecule has 7 nitrogen and oxygen atoms in total. The number of nitrogens with zero attached hydrogens (tertiary/aromatic N) is 6. The summed E-state index contributed by atoms with van der Waals surface area (Å²) in [6.07, 6.45) is 4.84. The van der Waals surface area contributed by atoms with Gasteiger partial charge in [-0.3, -0.25) is 9.88 Å². The Morgan fingerprint density at radius 3 is 2.56 bits per heavy atom. The minimum atomic E-state index is 0.772. The van der Waals surface area contributed by atoms with Crippen molar-refractivity contribution in [1.82, 2.24) is 19.9 Å². The van der Waals surface area contributed by atoms with Crippen LogP contribution in [-0.4, -0.2) is 78.9 Å². The number of hydrogen-bond acceptors (Lipinski definition) is 7. The summed E-state index contributed by atoms with van der Waals surface area (Å²) in [4.78, 5) is 20.9. The Kier molecular flexibility index (Phi) is 5.79. The van der Waals surface area contributed by atoms with Crippen molar-refractivity contribution in [2.75, 3.05) is 68.8 Å². The van der Waals surface area contributed by atoms with E-state index in [2.05, 4.69) is 38.7 Å². The average molecular weight is 368 g/mol. The molecule has 0 spiro atoms. The summed E-state index contributed by atoms with van der Waals surface area (Å²) in [7, 11) is 0. The van der Waals surface area contributed by atoms with E-state index in [0.29, 0.717) is 0 Å². The molecule has 0 unspecified atom stereocenters. The lowest BCUT2D eigenvalue weighted by Gasteiger charge is -2.35. The van der Waals surface area contributed by atoms with Crippen LogP contribution in [0, 0.1) is 6.92 Å². The molecule has 144 valence electrons. The van der Waals surface area contributed by atoms with Crippen LogP contribution in [0.1, 0.15) is 11.3 Å². The van der Waals surface area contributed by atoms with Crippen LogP contribution in [0.3, 0.4) is 0 Å². The molecular formula is C20H28N6O. The van der Waals surface area contributed by atoms with Crippen LogP contribution in [0.15, 0.2) is 30.6 Å². The van der Waals surface area contributed by atoms with Gasteiger partial charge in [-0.05, 0) is 25.0 Å². The van der Waals surface area contributed by atoms with Gasteiger partial charge in [-0.2, -0.15) is 4.98 Å². The highest BCUT2D eigenvalue weighted by Gasteiger charge is 2.21. The van der Waals surface area contributed by atoms with Crippen molar-refractivity contribution in [3.05, 3.63) is 41.9 Å². The molecule has 0 saturated carbocycles. The molecule has 4 rings (SSSR count). The summed E-state index contributed by atoms with van der Waals surface area (Å²) in [6.45, 7) is 10.5. The fourth-order valence-corrected chi connectivity index (χ4v) is 3.64. The number of morpholine rings is 1. The Labute approximate surface area is 161 Å². The minimum Gasteiger partial charge on any atom is -0.378 e. The lowest BCUT2D eigenvalue weighted by Crippen LogP contribution is -2.47. The van der Waals surface area contributed by atoms with E-state index < -0.39 is 0 Å². The molecule has 0 aromatic carbocycles. The van der Waals surface area contributed by atoms with E-state index >= 15 is 0 Å². The van der Waals surface area contributed by atoms with Gasteiger partial charge in [-0.15, -0.1) is 0 Å². The number of ether oxygens (including phenoxy) is 1. The first-order chi connectivity index (χ1) is 13.3. The summed E-state index contributed by atoms with van der Waals surface area (Å²) in [5, 5.41) is 0. The quantitative estimate of drug-likeness (QED) is 0.790. The SMILES string of the molecule is Cc1cc(N2CCOCC2)nc(N2CCN(CCc3cccnc3)CC2)n1. The Balaban J connectivity index is 1.34. The van der Waals surface area contributed by atoms with E-state index in [1.165, 1.54) is 5.56 Å². The Morgan fingerprint density at radius 1 is 1.00 bits per heavy atom. The molecule has 2 fully saturated rings. The molecule has 0 atom stereocenters. The molecule has 2 aliphatic rings. The highest BCUT2D eigenvalue weighted by molar-refractivity contribution is 5.46. The van der Waals surface area contributed by atoms with Crippen LogP contribution in [0.5, 0.6) is 0 Å². The van der Waals surface area contributed by atoms with Crippen molar-refractivity contribution in [2.45, 2.75) is 13.3 Å². The Bertz CT molecular complexity index is 727. The predicted molar refractivity (Wildman–Crippen MR) is 106 cm³/mol. The predicted octanol–water partition coefficient (Wildman–Crippen LogP) is 1.38. The molecule has 27 heavy (non-hydrogen) atoms. The van der Waals surface area contributed by atoms with Crippen LogP contribution in [0.2, 0.25) is 0 Å². The maximum absolute atomic E-state index is 5.46. The number of aryl methyl sites for hydroxylation is 1. The van der Waals surface area contributed by atoms with Gasteiger partial charge >= 0.3 is 0 Å². The standard InChI is InChI=1S/C20H28N6O/c1-17-15-19(25-11-13-27-14-12-25)23-20(22-17)26-9-7-24(8-10-26)6-4-18-3-2-5-21-16-18/h2-3,5,15-16H,4,6-14H2,1H3. The molecule has 2 aromatic heterocycles. The summed E-state index contributed by atoms with van der Waals surface area (Å²) in [6, 6.07) is 6.24. The number of aromatic nitrogens is 3. The molecular weight excluding hydrogens is 340 g/mol. The number of anilines is 2. The van der Waals surface area contributed by atoms with E-state index in [4.69, 9.17) is 14.7 Å². The molecule has 2 saturated heterocycles. The van der Waals surface area contributed by atoms with Gasteiger partial charge in [0.25, 0.3) is 0 Å². The topological polar surface area (TPSA) is 57.6 Å². The second kappa shape index (κ2) is 8.63. The first kappa shape index (κ1) is 18.1. The number of rotatable bonds is 5. The molecule has 7 heteroatoms. The van der Waals surface area contributed by atoms with E-state index in [-0.39, 0.29) is 0 Å². The van der Waals surface area contributed by atoms with Crippen LogP contribution >= 0.6 is 0 Å². The third kappa shape index (κ3) is 4.73. The average Bonchev–Trinajstić information content (AvgIpc) is 2.73. The first-order valence-corrected chi connectivity index (χ1v) is 9.82. The maximum atomic E-state index is 5.46. The fourth-order valence-electron chi connectivity index (χ4n) is 3.64. The van der Waals surface area contributed by atoms with Gasteiger partial charge in [0.1, 0.15) is 5.82 Å². The van der Waals surface area contributed by atoms with Gasteiger partial charge in [0, 0.05) is 70.0 Å². The van der Waals surface area contributed by atoms with Gasteiger partial charge in [-0.25, -0.2) is 4.98 Å². The van der Waals surface area contributed by atoms with Crippen molar-refractivity contribution in [3.63, 3.8) is 0 Å². The molecule has 0 bridgehead atoms. The van der Waals surface area contributed by atoms with E-state index in [1.54, 1.807) is 0 Å². The third-order valence-electron chi connectivity index (χ3n) is 5.26. The van der Waals surface area contributed by atoms with Crippen LogP contribution in [-0.2, 0) is 11.2 Å². The number of hydrogen-bond donors (Lipinski definition) is 0. The highest BCUT2D eigenvalue weighted by atomic mass is 16.5. The van der Waals surface area contributed by atoms with Gasteiger partial charge < -0.3 is 14.5 Å². The van der Waals surface area contributed by atoms with Crippen LogP contribution in [0.25, 0.3) is 0 Å². The Hall–Kier alpha value is -2.25. The largest absolute Gasteiger partial charge is 0.378 e. The summed E-state index contributed by atoms with van der Waals surface area (Å²) in [5.74, 6) is 1.89. The van der Waals surface area contributed by atoms with Gasteiger partial charge in [0.05, 0.1) is 13.2 Å². The smallest absolute Gasteiger partial charge is 0.227 e. The van der Waals surface area contributed by atoms with Crippen molar-refractivity contribution < 1.29 is 4.74 Å². The zero-order valence-electron chi connectivity index (χ0n) is 16.0. The molecule has 4 heterocycles. The third-order valence-corrected chi connectivity index (χ3v) is 5.26. The molecule has 2 aromatic rings.